The molecule has 2 aromatic rings. The highest BCUT2D eigenvalue weighted by Gasteiger charge is 2.26. The Kier molecular flexibility index (Phi) is 7.71. The van der Waals surface area contributed by atoms with Crippen LogP contribution in [0.5, 0.6) is 0 Å². The van der Waals surface area contributed by atoms with Crippen LogP contribution in [-0.2, 0) is 0 Å². The fraction of sp³-hybridized carbons (Fsp3) is 0. The molecule has 124 valence electrons. The van der Waals surface area contributed by atoms with E-state index in [1.54, 1.807) is 0 Å². The first-order valence-corrected chi connectivity index (χ1v) is 9.73. The zero-order valence-corrected chi connectivity index (χ0v) is 16.7. The summed E-state index contributed by atoms with van der Waals surface area (Å²) in [6.07, 6.45) is 0. The van der Waals surface area contributed by atoms with E-state index in [9.17, 15) is 10.1 Å². The van der Waals surface area contributed by atoms with Gasteiger partial charge in [0.15, 0.2) is 0 Å². The predicted octanol–water partition coefficient (Wildman–Crippen LogP) is 7.06. The Morgan fingerprint density at radius 3 is 1.67 bits per heavy atom. The maximum absolute atomic E-state index is 11.6. The molecule has 0 aliphatic rings. The Hall–Kier alpha value is -0.920. The van der Waals surface area contributed by atoms with Crippen molar-refractivity contribution in [2.75, 3.05) is 0 Å². The quantitative estimate of drug-likeness (QED) is 0.199. The van der Waals surface area contributed by atoms with Crippen LogP contribution in [0, 0.1) is 10.1 Å². The third-order valence-corrected chi connectivity index (χ3v) is 6.21. The minimum Gasteiger partial charge on any atom is -0.258 e. The van der Waals surface area contributed by atoms with E-state index in [-0.39, 0.29) is 14.7 Å². The van der Waals surface area contributed by atoms with Crippen LogP contribution >= 0.6 is 62.7 Å². The highest BCUT2D eigenvalue weighted by atomic mass is 79.9. The Bertz CT molecular complexity index is 736. The molecule has 0 heterocycles. The summed E-state index contributed by atoms with van der Waals surface area (Å²) < 4.78 is 0.427. The molecule has 0 aliphatic carbocycles. The van der Waals surface area contributed by atoms with Gasteiger partial charge in [-0.05, 0) is 40.2 Å². The van der Waals surface area contributed by atoms with Crippen molar-refractivity contribution < 1.29 is 4.92 Å². The van der Waals surface area contributed by atoms with E-state index in [1.807, 2.05) is 60.7 Å². The van der Waals surface area contributed by atoms with Gasteiger partial charge >= 0.3 is 5.70 Å². The fourth-order valence-corrected chi connectivity index (χ4v) is 4.50. The molecule has 24 heavy (non-hydrogen) atoms. The van der Waals surface area contributed by atoms with E-state index in [2.05, 4.69) is 15.9 Å². The van der Waals surface area contributed by atoms with Crippen molar-refractivity contribution in [3.8, 4) is 0 Å². The van der Waals surface area contributed by atoms with Crippen LogP contribution in [0.4, 0.5) is 0 Å². The molecule has 0 aliphatic heterocycles. The summed E-state index contributed by atoms with van der Waals surface area (Å²) in [5, 5.41) is 11.5. The molecule has 2 aromatic carbocycles. The topological polar surface area (TPSA) is 43.1 Å². The number of thioether (sulfide) groups is 2. The number of nitrogens with zero attached hydrogens (tertiary/aromatic N) is 1. The Balaban J connectivity index is 2.53. The zero-order valence-electron chi connectivity index (χ0n) is 12.0. The van der Waals surface area contributed by atoms with E-state index in [4.69, 9.17) is 23.2 Å². The van der Waals surface area contributed by atoms with Gasteiger partial charge in [0.2, 0.25) is 0 Å². The molecule has 0 fully saturated rings. The van der Waals surface area contributed by atoms with Gasteiger partial charge < -0.3 is 0 Å². The number of rotatable bonds is 6. The molecule has 0 amide bonds. The largest absolute Gasteiger partial charge is 0.310 e. The van der Waals surface area contributed by atoms with Crippen LogP contribution in [-0.4, -0.2) is 4.92 Å². The van der Waals surface area contributed by atoms with Gasteiger partial charge in [-0.25, -0.2) is 0 Å². The van der Waals surface area contributed by atoms with Crippen LogP contribution < -0.4 is 0 Å². The molecule has 2 rings (SSSR count). The van der Waals surface area contributed by atoms with Crippen LogP contribution in [0.1, 0.15) is 0 Å². The number of hydrogen-bond acceptors (Lipinski definition) is 4. The van der Waals surface area contributed by atoms with E-state index in [1.165, 1.54) is 23.5 Å². The Morgan fingerprint density at radius 1 is 0.917 bits per heavy atom. The van der Waals surface area contributed by atoms with Gasteiger partial charge in [-0.2, -0.15) is 0 Å². The molecule has 8 heteroatoms. The average Bonchev–Trinajstić information content (AvgIpc) is 2.56. The van der Waals surface area contributed by atoms with Crippen LogP contribution in [0.15, 0.2) is 89.4 Å². The molecule has 0 unspecified atom stereocenters. The number of halogens is 3. The fourth-order valence-electron chi connectivity index (χ4n) is 1.64. The van der Waals surface area contributed by atoms with Gasteiger partial charge in [-0.3, -0.25) is 10.1 Å². The smallest absolute Gasteiger partial charge is 0.258 e. The molecule has 0 N–H and O–H groups in total. The molecule has 0 spiro atoms. The first-order valence-electron chi connectivity index (χ1n) is 6.54. The molecule has 0 saturated heterocycles. The molecule has 0 saturated carbocycles. The average molecular weight is 463 g/mol. The number of benzene rings is 2. The minimum absolute atomic E-state index is 0.00399. The monoisotopic (exact) mass is 461 g/mol. The van der Waals surface area contributed by atoms with E-state index < -0.39 is 4.92 Å². The molecular formula is C16H10BrCl2NO2S2. The summed E-state index contributed by atoms with van der Waals surface area (Å²) >= 11 is 17.4. The molecule has 3 nitrogen and oxygen atoms in total. The molecule has 0 aromatic heterocycles. The summed E-state index contributed by atoms with van der Waals surface area (Å²) in [4.78, 5) is 12.8. The van der Waals surface area contributed by atoms with Crippen molar-refractivity contribution >= 4 is 62.7 Å². The maximum atomic E-state index is 11.6. The van der Waals surface area contributed by atoms with Crippen molar-refractivity contribution in [3.05, 3.63) is 89.7 Å². The second-order valence-corrected chi connectivity index (χ2v) is 8.73. The number of allylic oxidation sites excluding steroid dienone is 1. The van der Waals surface area contributed by atoms with Crippen molar-refractivity contribution in [1.82, 2.24) is 0 Å². The summed E-state index contributed by atoms with van der Waals surface area (Å²) in [6.45, 7) is 0. The Labute approximate surface area is 166 Å². The third-order valence-electron chi connectivity index (χ3n) is 2.66. The van der Waals surface area contributed by atoms with E-state index in [0.29, 0.717) is 4.24 Å². The van der Waals surface area contributed by atoms with Gasteiger partial charge in [-0.15, -0.1) is 0 Å². The van der Waals surface area contributed by atoms with Crippen LogP contribution in [0.25, 0.3) is 0 Å². The summed E-state index contributed by atoms with van der Waals surface area (Å²) in [6, 6.07) is 18.7. The minimum atomic E-state index is -0.521. The highest BCUT2D eigenvalue weighted by molar-refractivity contribution is 9.12. The van der Waals surface area contributed by atoms with Crippen LogP contribution in [0.2, 0.25) is 0 Å². The van der Waals surface area contributed by atoms with Gasteiger partial charge in [-0.1, -0.05) is 83.1 Å². The van der Waals surface area contributed by atoms with Gasteiger partial charge in [0.25, 0.3) is 0 Å². The lowest BCUT2D eigenvalue weighted by atomic mass is 10.4. The first-order chi connectivity index (χ1) is 11.5. The van der Waals surface area contributed by atoms with Gasteiger partial charge in [0.05, 0.1) is 4.92 Å². The maximum Gasteiger partial charge on any atom is 0.310 e. The standard InChI is InChI=1S/C16H10BrCl2NO2S2/c17-15(19)13(18)14(20(21)22)16(23-11-7-3-1-4-8-11)24-12-9-5-2-6-10-12/h1-10H/b15-13-. The lowest BCUT2D eigenvalue weighted by molar-refractivity contribution is -0.419. The number of hydrogen-bond donors (Lipinski definition) is 0. The molecule has 0 atom stereocenters. The molecule has 0 radical (unpaired) electrons. The third kappa shape index (κ3) is 5.57. The predicted molar refractivity (Wildman–Crippen MR) is 106 cm³/mol. The van der Waals surface area contributed by atoms with E-state index >= 15 is 0 Å². The molecule has 0 bridgehead atoms. The zero-order chi connectivity index (χ0) is 17.5. The summed E-state index contributed by atoms with van der Waals surface area (Å²) in [5.41, 5.74) is -0.235. The van der Waals surface area contributed by atoms with Crippen LogP contribution in [0.3, 0.4) is 0 Å². The second kappa shape index (κ2) is 9.53. The normalized spacial score (nSPS) is 11.6. The lowest BCUT2D eigenvalue weighted by Gasteiger charge is -2.09. The Morgan fingerprint density at radius 2 is 1.33 bits per heavy atom. The summed E-state index contributed by atoms with van der Waals surface area (Å²) in [7, 11) is 0. The van der Waals surface area contributed by atoms with Crippen molar-refractivity contribution in [3.63, 3.8) is 0 Å². The highest BCUT2D eigenvalue weighted by Crippen LogP contribution is 2.44. The first kappa shape index (κ1) is 19.4. The van der Waals surface area contributed by atoms with Crippen molar-refractivity contribution in [2.45, 2.75) is 9.79 Å². The SMILES string of the molecule is O=[N+]([O-])C(=C(Sc1ccccc1)Sc1ccccc1)/C(Cl)=C(/Cl)Br. The van der Waals surface area contributed by atoms with Crippen molar-refractivity contribution in [2.24, 2.45) is 0 Å². The van der Waals surface area contributed by atoms with Gasteiger partial charge in [0, 0.05) is 9.79 Å². The van der Waals surface area contributed by atoms with Gasteiger partial charge in [0.1, 0.15) is 13.2 Å². The lowest BCUT2D eigenvalue weighted by Crippen LogP contribution is -2.02. The summed E-state index contributed by atoms with van der Waals surface area (Å²) in [5.74, 6) is 0. The second-order valence-electron chi connectivity index (χ2n) is 4.30. The van der Waals surface area contributed by atoms with E-state index in [0.717, 1.165) is 9.79 Å². The van der Waals surface area contributed by atoms with Crippen molar-refractivity contribution in [1.29, 1.82) is 0 Å². The molecular weight excluding hydrogens is 453 g/mol. The number of nitro groups is 1.